The van der Waals surface area contributed by atoms with Gasteiger partial charge in [-0.15, -0.1) is 0 Å². The molecule has 1 aliphatic heterocycles. The number of piperidine rings is 1. The molecule has 4 aromatic rings. The number of hydrogen-bond donors (Lipinski definition) is 0. The molecule has 2 unspecified atom stereocenters. The second-order valence-electron chi connectivity index (χ2n) is 9.96. The molecule has 0 bridgehead atoms. The van der Waals surface area contributed by atoms with Gasteiger partial charge < -0.3 is 0 Å². The molecule has 3 heterocycles. The highest BCUT2D eigenvalue weighted by Crippen LogP contribution is 2.71. The molecule has 6 rings (SSSR count). The van der Waals surface area contributed by atoms with Crippen LogP contribution in [0, 0.1) is 18.7 Å². The van der Waals surface area contributed by atoms with E-state index in [0.717, 1.165) is 11.9 Å². The van der Waals surface area contributed by atoms with E-state index in [1.807, 2.05) is 13.0 Å². The number of halogens is 3. The van der Waals surface area contributed by atoms with E-state index in [2.05, 4.69) is 10.2 Å². The summed E-state index contributed by atoms with van der Waals surface area (Å²) in [6, 6.07) is 9.48. The second kappa shape index (κ2) is 8.16. The maximum Gasteiger partial charge on any atom is 0.263 e. The fraction of sp³-hybridized carbons (Fsp3) is 0.385. The molecular weight excluding hydrogens is 503 g/mol. The fourth-order valence-electron chi connectivity index (χ4n) is 5.89. The number of alkyl halides is 2. The number of sulfonamides is 1. The van der Waals surface area contributed by atoms with E-state index in [0.29, 0.717) is 28.7 Å². The quantitative estimate of drug-likeness (QED) is 0.364. The molecule has 0 N–H and O–H groups in total. The molecule has 0 amide bonds. The van der Waals surface area contributed by atoms with Crippen molar-refractivity contribution >= 4 is 20.9 Å². The van der Waals surface area contributed by atoms with Gasteiger partial charge in [0.15, 0.2) is 0 Å². The van der Waals surface area contributed by atoms with Gasteiger partial charge in [0.25, 0.3) is 5.92 Å². The Bertz CT molecular complexity index is 1610. The van der Waals surface area contributed by atoms with Gasteiger partial charge in [-0.1, -0.05) is 6.92 Å². The Kier molecular flexibility index (Phi) is 5.33. The fourth-order valence-corrected chi connectivity index (χ4v) is 7.30. The summed E-state index contributed by atoms with van der Waals surface area (Å²) in [6.07, 6.45) is 5.18. The summed E-state index contributed by atoms with van der Waals surface area (Å²) in [6.45, 7) is 4.09. The van der Waals surface area contributed by atoms with Gasteiger partial charge in [0.05, 0.1) is 34.9 Å². The Hall–Kier alpha value is -3.18. The van der Waals surface area contributed by atoms with Crippen LogP contribution in [-0.4, -0.2) is 51.3 Å². The summed E-state index contributed by atoms with van der Waals surface area (Å²) in [5, 5.41) is 9.18. The SMILES string of the molecule is CCCn1cc(S(=O)(=O)N2CCC3(c4cc5cnn(-c6ccc(F)cc6)c5cc4C)C(C2)C3(F)F)cn1. The van der Waals surface area contributed by atoms with Crippen molar-refractivity contribution in [2.45, 2.75) is 49.5 Å². The van der Waals surface area contributed by atoms with Gasteiger partial charge in [-0.3, -0.25) is 4.68 Å². The number of benzene rings is 2. The first-order chi connectivity index (χ1) is 17.6. The molecule has 1 saturated carbocycles. The molecule has 1 aliphatic carbocycles. The van der Waals surface area contributed by atoms with E-state index in [9.17, 15) is 12.8 Å². The monoisotopic (exact) mass is 529 g/mol. The lowest BCUT2D eigenvalue weighted by Crippen LogP contribution is -2.40. The topological polar surface area (TPSA) is 73.0 Å². The van der Waals surface area contributed by atoms with Crippen LogP contribution >= 0.6 is 0 Å². The molecular formula is C26H26F3N5O2S. The van der Waals surface area contributed by atoms with Gasteiger partial charge in [-0.2, -0.15) is 14.5 Å². The summed E-state index contributed by atoms with van der Waals surface area (Å²) < 4.78 is 75.2. The van der Waals surface area contributed by atoms with Crippen molar-refractivity contribution in [2.75, 3.05) is 13.1 Å². The van der Waals surface area contributed by atoms with Crippen LogP contribution in [0.5, 0.6) is 0 Å². The first-order valence-corrected chi connectivity index (χ1v) is 13.7. The Morgan fingerprint density at radius 1 is 1.11 bits per heavy atom. The van der Waals surface area contributed by atoms with Gasteiger partial charge in [-0.25, -0.2) is 26.3 Å². The third kappa shape index (κ3) is 3.47. The van der Waals surface area contributed by atoms with Crippen molar-refractivity contribution < 1.29 is 21.6 Å². The Morgan fingerprint density at radius 3 is 2.57 bits per heavy atom. The van der Waals surface area contributed by atoms with E-state index in [1.165, 1.54) is 28.8 Å². The number of aromatic nitrogens is 4. The molecule has 37 heavy (non-hydrogen) atoms. The highest BCUT2D eigenvalue weighted by Gasteiger charge is 2.82. The molecule has 7 nitrogen and oxygen atoms in total. The number of fused-ring (bicyclic) bond motifs is 2. The molecule has 2 aromatic heterocycles. The highest BCUT2D eigenvalue weighted by atomic mass is 32.2. The molecule has 0 radical (unpaired) electrons. The average Bonchev–Trinajstić information content (AvgIpc) is 3.27. The zero-order chi connectivity index (χ0) is 26.2. The van der Waals surface area contributed by atoms with Crippen molar-refractivity contribution in [3.8, 4) is 5.69 Å². The van der Waals surface area contributed by atoms with Gasteiger partial charge in [0.1, 0.15) is 10.7 Å². The van der Waals surface area contributed by atoms with E-state index < -0.39 is 27.3 Å². The molecule has 2 aliphatic rings. The van der Waals surface area contributed by atoms with Crippen LogP contribution in [-0.2, 0) is 22.0 Å². The van der Waals surface area contributed by atoms with E-state index >= 15 is 8.78 Å². The van der Waals surface area contributed by atoms with Crippen LogP contribution < -0.4 is 0 Å². The minimum absolute atomic E-state index is 0.000298. The van der Waals surface area contributed by atoms with Gasteiger partial charge in [-0.05, 0) is 67.3 Å². The summed E-state index contributed by atoms with van der Waals surface area (Å²) in [5.74, 6) is -4.50. The standard InChI is InChI=1S/C26H26F3N5O2S/c1-3-9-32-15-21(14-30-32)37(35,36)33-10-8-25(24(16-33)26(25,28)29)22-12-18-13-31-34(23(18)11-17(22)2)20-6-4-19(27)5-7-20/h4-7,11-15,24H,3,8-10,16H2,1-2H3. The van der Waals surface area contributed by atoms with Crippen LogP contribution in [0.3, 0.4) is 0 Å². The van der Waals surface area contributed by atoms with Gasteiger partial charge >= 0.3 is 0 Å². The van der Waals surface area contributed by atoms with E-state index in [-0.39, 0.29) is 30.2 Å². The summed E-state index contributed by atoms with van der Waals surface area (Å²) >= 11 is 0. The third-order valence-electron chi connectivity index (χ3n) is 7.85. The summed E-state index contributed by atoms with van der Waals surface area (Å²) in [4.78, 5) is 0.0308. The predicted molar refractivity (Wildman–Crippen MR) is 132 cm³/mol. The zero-order valence-electron chi connectivity index (χ0n) is 20.4. The van der Waals surface area contributed by atoms with E-state index in [1.54, 1.807) is 40.7 Å². The van der Waals surface area contributed by atoms with Gasteiger partial charge in [0.2, 0.25) is 10.0 Å². The molecule has 2 fully saturated rings. The number of hydrogen-bond acceptors (Lipinski definition) is 4. The minimum atomic E-state index is -3.92. The average molecular weight is 530 g/mol. The predicted octanol–water partition coefficient (Wildman–Crippen LogP) is 4.68. The highest BCUT2D eigenvalue weighted by molar-refractivity contribution is 7.89. The molecule has 2 aromatic carbocycles. The summed E-state index contributed by atoms with van der Waals surface area (Å²) in [5.41, 5.74) is 1.20. The van der Waals surface area contributed by atoms with Crippen molar-refractivity contribution in [2.24, 2.45) is 5.92 Å². The number of aryl methyl sites for hydroxylation is 2. The maximum atomic E-state index is 15.5. The second-order valence-corrected chi connectivity index (χ2v) is 11.9. The molecule has 0 spiro atoms. The summed E-state index contributed by atoms with van der Waals surface area (Å²) in [7, 11) is -3.92. The number of nitrogens with zero attached hydrogens (tertiary/aromatic N) is 5. The first kappa shape index (κ1) is 24.2. The Morgan fingerprint density at radius 2 is 1.86 bits per heavy atom. The van der Waals surface area contributed by atoms with Crippen LogP contribution in [0.25, 0.3) is 16.6 Å². The van der Waals surface area contributed by atoms with Crippen molar-refractivity contribution in [1.29, 1.82) is 0 Å². The van der Waals surface area contributed by atoms with Crippen LogP contribution in [0.4, 0.5) is 13.2 Å². The van der Waals surface area contributed by atoms with Crippen LogP contribution in [0.15, 0.2) is 59.9 Å². The third-order valence-corrected chi connectivity index (χ3v) is 9.67. The normalized spacial score (nSPS) is 23.3. The molecule has 2 atom stereocenters. The number of rotatable bonds is 6. The smallest absolute Gasteiger partial charge is 0.263 e. The molecule has 11 heteroatoms. The Balaban J connectivity index is 1.32. The lowest BCUT2D eigenvalue weighted by molar-refractivity contribution is 0.0777. The Labute approximate surface area is 212 Å². The zero-order valence-corrected chi connectivity index (χ0v) is 21.2. The lowest BCUT2D eigenvalue weighted by atomic mass is 9.84. The van der Waals surface area contributed by atoms with Crippen LogP contribution in [0.1, 0.15) is 30.9 Å². The van der Waals surface area contributed by atoms with Crippen molar-refractivity contribution in [1.82, 2.24) is 23.9 Å². The van der Waals surface area contributed by atoms with Crippen molar-refractivity contribution in [3.05, 3.63) is 71.9 Å². The molecule has 194 valence electrons. The minimum Gasteiger partial charge on any atom is -0.271 e. The van der Waals surface area contributed by atoms with Crippen LogP contribution in [0.2, 0.25) is 0 Å². The van der Waals surface area contributed by atoms with Crippen molar-refractivity contribution in [3.63, 3.8) is 0 Å². The lowest BCUT2D eigenvalue weighted by Gasteiger charge is -2.30. The first-order valence-electron chi connectivity index (χ1n) is 12.2. The molecule has 1 saturated heterocycles. The maximum absolute atomic E-state index is 15.5. The van der Waals surface area contributed by atoms with Gasteiger partial charge in [0, 0.05) is 31.2 Å². The largest absolute Gasteiger partial charge is 0.271 e. The van der Waals surface area contributed by atoms with E-state index in [4.69, 9.17) is 0 Å².